The number of nitrogens with one attached hydrogen (secondary N) is 1. The maximum atomic E-state index is 12.1. The number of methoxy groups -OCH3 is 1. The number of nitrogens with zero attached hydrogens (tertiary/aromatic N) is 3. The van der Waals surface area contributed by atoms with Gasteiger partial charge in [-0.25, -0.2) is 0 Å². The molecule has 1 amide bonds. The normalized spacial score (nSPS) is 17.3. The Hall–Kier alpha value is -1.08. The zero-order valence-electron chi connectivity index (χ0n) is 12.0. The van der Waals surface area contributed by atoms with Crippen LogP contribution in [-0.4, -0.2) is 45.7 Å². The quantitative estimate of drug-likeness (QED) is 0.772. The first-order valence-corrected chi connectivity index (χ1v) is 7.92. The van der Waals surface area contributed by atoms with Crippen LogP contribution in [-0.2, 0) is 16.1 Å². The first-order chi connectivity index (χ1) is 9.70. The largest absolute Gasteiger partial charge is 0.383 e. The molecule has 7 heteroatoms. The van der Waals surface area contributed by atoms with Crippen LogP contribution < -0.4 is 5.32 Å². The highest BCUT2D eigenvalue weighted by Gasteiger charge is 2.22. The van der Waals surface area contributed by atoms with E-state index < -0.39 is 0 Å². The highest BCUT2D eigenvalue weighted by atomic mass is 32.2. The summed E-state index contributed by atoms with van der Waals surface area (Å²) in [5.41, 5.74) is 0. The zero-order valence-corrected chi connectivity index (χ0v) is 12.9. The van der Waals surface area contributed by atoms with Crippen molar-refractivity contribution in [2.75, 3.05) is 13.7 Å². The molecule has 0 radical (unpaired) electrons. The number of hydrogen-bond acceptors (Lipinski definition) is 5. The van der Waals surface area contributed by atoms with E-state index in [1.807, 2.05) is 11.5 Å². The van der Waals surface area contributed by atoms with Crippen molar-refractivity contribution in [3.63, 3.8) is 0 Å². The lowest BCUT2D eigenvalue weighted by atomic mass is 10.2. The van der Waals surface area contributed by atoms with Crippen molar-refractivity contribution >= 4 is 17.7 Å². The summed E-state index contributed by atoms with van der Waals surface area (Å²) in [6.45, 7) is 3.21. The molecule has 0 saturated heterocycles. The van der Waals surface area contributed by atoms with E-state index >= 15 is 0 Å². The van der Waals surface area contributed by atoms with E-state index in [0.717, 1.165) is 18.0 Å². The van der Waals surface area contributed by atoms with Gasteiger partial charge in [-0.05, 0) is 19.8 Å². The van der Waals surface area contributed by atoms with Gasteiger partial charge in [-0.2, -0.15) is 0 Å². The number of amides is 1. The summed E-state index contributed by atoms with van der Waals surface area (Å²) in [7, 11) is 1.66. The summed E-state index contributed by atoms with van der Waals surface area (Å²) >= 11 is 1.44. The number of thioether (sulfide) groups is 1. The molecule has 1 aliphatic rings. The summed E-state index contributed by atoms with van der Waals surface area (Å²) in [6, 6.07) is 0.358. The standard InChI is InChI=1S/C13H22N4O2S/c1-10(12(18)15-11-5-3-4-6-11)20-13-16-14-9-17(13)7-8-19-2/h9-11H,3-8H2,1-2H3,(H,15,18)/t10-/m1/s1. The molecule has 0 bridgehead atoms. The monoisotopic (exact) mass is 298 g/mol. The van der Waals surface area contributed by atoms with Crippen molar-refractivity contribution < 1.29 is 9.53 Å². The van der Waals surface area contributed by atoms with E-state index in [9.17, 15) is 4.79 Å². The topological polar surface area (TPSA) is 69.0 Å². The van der Waals surface area contributed by atoms with Crippen LogP contribution in [0.5, 0.6) is 0 Å². The number of hydrogen-bond donors (Lipinski definition) is 1. The lowest BCUT2D eigenvalue weighted by Gasteiger charge is -2.16. The molecule has 1 saturated carbocycles. The number of carbonyl (C=O) groups is 1. The minimum Gasteiger partial charge on any atom is -0.383 e. The molecule has 6 nitrogen and oxygen atoms in total. The van der Waals surface area contributed by atoms with Crippen molar-refractivity contribution in [2.45, 2.75) is 55.6 Å². The van der Waals surface area contributed by atoms with Crippen molar-refractivity contribution in [3.8, 4) is 0 Å². The van der Waals surface area contributed by atoms with Gasteiger partial charge in [-0.3, -0.25) is 4.79 Å². The molecule has 20 heavy (non-hydrogen) atoms. The van der Waals surface area contributed by atoms with E-state index in [1.165, 1.54) is 24.6 Å². The molecule has 0 aromatic carbocycles. The highest BCUT2D eigenvalue weighted by Crippen LogP contribution is 2.23. The van der Waals surface area contributed by atoms with E-state index in [1.54, 1.807) is 13.4 Å². The lowest BCUT2D eigenvalue weighted by Crippen LogP contribution is -2.37. The Morgan fingerprint density at radius 3 is 3.05 bits per heavy atom. The molecule has 1 N–H and O–H groups in total. The van der Waals surface area contributed by atoms with Crippen LogP contribution in [0.4, 0.5) is 0 Å². The molecule has 2 rings (SSSR count). The van der Waals surface area contributed by atoms with Crippen LogP contribution in [0.2, 0.25) is 0 Å². The second-order valence-corrected chi connectivity index (χ2v) is 6.36. The van der Waals surface area contributed by atoms with E-state index in [0.29, 0.717) is 19.2 Å². The van der Waals surface area contributed by atoms with E-state index in [-0.39, 0.29) is 11.2 Å². The van der Waals surface area contributed by atoms with Gasteiger partial charge in [0.05, 0.1) is 11.9 Å². The maximum Gasteiger partial charge on any atom is 0.233 e. The van der Waals surface area contributed by atoms with Gasteiger partial charge in [0.25, 0.3) is 0 Å². The molecule has 1 atom stereocenters. The molecular formula is C13H22N4O2S. The Morgan fingerprint density at radius 2 is 2.35 bits per heavy atom. The number of carbonyl (C=O) groups excluding carboxylic acids is 1. The Morgan fingerprint density at radius 1 is 1.60 bits per heavy atom. The summed E-state index contributed by atoms with van der Waals surface area (Å²) in [5.74, 6) is 0.0863. The molecule has 0 spiro atoms. The van der Waals surface area contributed by atoms with Gasteiger partial charge in [0.2, 0.25) is 5.91 Å². The molecule has 1 aliphatic carbocycles. The first kappa shape index (κ1) is 15.3. The van der Waals surface area contributed by atoms with Crippen LogP contribution in [0.3, 0.4) is 0 Å². The first-order valence-electron chi connectivity index (χ1n) is 7.04. The summed E-state index contributed by atoms with van der Waals surface area (Å²) in [5, 5.41) is 11.7. The average Bonchev–Trinajstić information content (AvgIpc) is 3.08. The second kappa shape index (κ2) is 7.64. The third kappa shape index (κ3) is 4.21. The van der Waals surface area contributed by atoms with Gasteiger partial charge >= 0.3 is 0 Å². The van der Waals surface area contributed by atoms with Crippen LogP contribution in [0.15, 0.2) is 11.5 Å². The fraction of sp³-hybridized carbons (Fsp3) is 0.769. The molecule has 112 valence electrons. The third-order valence-corrected chi connectivity index (χ3v) is 4.56. The smallest absolute Gasteiger partial charge is 0.233 e. The van der Waals surface area contributed by atoms with Crippen LogP contribution in [0.25, 0.3) is 0 Å². The van der Waals surface area contributed by atoms with Crippen molar-refractivity contribution in [2.24, 2.45) is 0 Å². The predicted octanol–water partition coefficient (Wildman–Crippen LogP) is 1.46. The van der Waals surface area contributed by atoms with Crippen molar-refractivity contribution in [1.29, 1.82) is 0 Å². The van der Waals surface area contributed by atoms with Crippen LogP contribution >= 0.6 is 11.8 Å². The zero-order chi connectivity index (χ0) is 14.4. The van der Waals surface area contributed by atoms with Crippen LogP contribution in [0, 0.1) is 0 Å². The molecule has 1 fully saturated rings. The van der Waals surface area contributed by atoms with Gasteiger partial charge in [-0.15, -0.1) is 10.2 Å². The summed E-state index contributed by atoms with van der Waals surface area (Å²) in [4.78, 5) is 12.1. The molecular weight excluding hydrogens is 276 g/mol. The highest BCUT2D eigenvalue weighted by molar-refractivity contribution is 8.00. The fourth-order valence-electron chi connectivity index (χ4n) is 2.28. The SMILES string of the molecule is COCCn1cnnc1S[C@H](C)C(=O)NC1CCCC1. The van der Waals surface area contributed by atoms with Crippen molar-refractivity contribution in [3.05, 3.63) is 6.33 Å². The van der Waals surface area contributed by atoms with Gasteiger partial charge in [0.15, 0.2) is 5.16 Å². The summed E-state index contributed by atoms with van der Waals surface area (Å²) < 4.78 is 6.96. The Balaban J connectivity index is 1.85. The van der Waals surface area contributed by atoms with Crippen LogP contribution in [0.1, 0.15) is 32.6 Å². The minimum absolute atomic E-state index is 0.0863. The molecule has 1 aromatic heterocycles. The predicted molar refractivity (Wildman–Crippen MR) is 77.6 cm³/mol. The Bertz CT molecular complexity index is 432. The molecule has 0 unspecified atom stereocenters. The fourth-order valence-corrected chi connectivity index (χ4v) is 3.14. The number of ether oxygens (including phenoxy) is 1. The van der Waals surface area contributed by atoms with E-state index in [2.05, 4.69) is 15.5 Å². The minimum atomic E-state index is -0.166. The van der Waals surface area contributed by atoms with Gasteiger partial charge in [0.1, 0.15) is 6.33 Å². The molecule has 0 aliphatic heterocycles. The Labute approximate surface area is 123 Å². The maximum absolute atomic E-state index is 12.1. The number of rotatable bonds is 7. The Kier molecular flexibility index (Phi) is 5.85. The van der Waals surface area contributed by atoms with Gasteiger partial charge < -0.3 is 14.6 Å². The second-order valence-electron chi connectivity index (χ2n) is 5.05. The lowest BCUT2D eigenvalue weighted by molar-refractivity contribution is -0.120. The van der Waals surface area contributed by atoms with Gasteiger partial charge in [-0.1, -0.05) is 24.6 Å². The van der Waals surface area contributed by atoms with Crippen molar-refractivity contribution in [1.82, 2.24) is 20.1 Å². The van der Waals surface area contributed by atoms with Gasteiger partial charge in [0, 0.05) is 19.7 Å². The van der Waals surface area contributed by atoms with E-state index in [4.69, 9.17) is 4.74 Å². The average molecular weight is 298 g/mol. The number of aromatic nitrogens is 3. The molecule has 1 aromatic rings. The third-order valence-electron chi connectivity index (χ3n) is 3.47. The molecule has 1 heterocycles. The summed E-state index contributed by atoms with van der Waals surface area (Å²) in [6.07, 6.45) is 6.32.